The number of carbonyl (C=O) groups excluding carboxylic acids is 1. The molecule has 0 aliphatic carbocycles. The van der Waals surface area contributed by atoms with Crippen LogP contribution in [0.4, 0.5) is 4.39 Å². The van der Waals surface area contributed by atoms with E-state index in [9.17, 15) is 9.18 Å². The smallest absolute Gasteiger partial charge is 0.271 e. The summed E-state index contributed by atoms with van der Waals surface area (Å²) in [5.74, 6) is -0.468. The SMILES string of the molecule is Cn1nc(C(=O)NCC(C)(C)N2CCCC2)cc1-c1ccc(F)cc1. The molecule has 0 bridgehead atoms. The molecular weight excluding hydrogens is 319 g/mol. The fourth-order valence-electron chi connectivity index (χ4n) is 3.29. The number of nitrogens with one attached hydrogen (secondary N) is 1. The van der Waals surface area contributed by atoms with Gasteiger partial charge in [-0.2, -0.15) is 5.10 Å². The van der Waals surface area contributed by atoms with Gasteiger partial charge < -0.3 is 5.32 Å². The molecule has 1 amide bonds. The standard InChI is InChI=1S/C19H25FN4O/c1-19(2,24-10-4-5-11-24)13-21-18(25)16-12-17(23(3)22-16)14-6-8-15(20)9-7-14/h6-9,12H,4-5,10-11,13H2,1-3H3,(H,21,25). The number of aromatic nitrogens is 2. The highest BCUT2D eigenvalue weighted by molar-refractivity contribution is 5.93. The number of carbonyl (C=O) groups is 1. The Morgan fingerprint density at radius 2 is 1.88 bits per heavy atom. The average Bonchev–Trinajstić information content (AvgIpc) is 3.24. The first-order chi connectivity index (χ1) is 11.9. The molecule has 0 radical (unpaired) electrons. The monoisotopic (exact) mass is 344 g/mol. The van der Waals surface area contributed by atoms with Gasteiger partial charge in [-0.05, 0) is 75.7 Å². The summed E-state index contributed by atoms with van der Waals surface area (Å²) in [4.78, 5) is 14.9. The van der Waals surface area contributed by atoms with E-state index in [0.717, 1.165) is 24.3 Å². The van der Waals surface area contributed by atoms with Crippen molar-refractivity contribution in [1.82, 2.24) is 20.0 Å². The largest absolute Gasteiger partial charge is 0.349 e. The van der Waals surface area contributed by atoms with Gasteiger partial charge in [0.2, 0.25) is 0 Å². The zero-order valence-corrected chi connectivity index (χ0v) is 15.1. The van der Waals surface area contributed by atoms with Crippen molar-refractivity contribution < 1.29 is 9.18 Å². The minimum Gasteiger partial charge on any atom is -0.349 e. The Hall–Kier alpha value is -2.21. The van der Waals surface area contributed by atoms with Gasteiger partial charge in [-0.3, -0.25) is 14.4 Å². The Labute approximate surface area is 147 Å². The molecule has 0 unspecified atom stereocenters. The summed E-state index contributed by atoms with van der Waals surface area (Å²) >= 11 is 0. The van der Waals surface area contributed by atoms with Crippen LogP contribution < -0.4 is 5.32 Å². The highest BCUT2D eigenvalue weighted by Gasteiger charge is 2.29. The van der Waals surface area contributed by atoms with Gasteiger partial charge in [0.05, 0.1) is 5.69 Å². The average molecular weight is 344 g/mol. The van der Waals surface area contributed by atoms with Gasteiger partial charge >= 0.3 is 0 Å². The van der Waals surface area contributed by atoms with Crippen LogP contribution in [0, 0.1) is 5.82 Å². The highest BCUT2D eigenvalue weighted by atomic mass is 19.1. The summed E-state index contributed by atoms with van der Waals surface area (Å²) in [5, 5.41) is 7.31. The van der Waals surface area contributed by atoms with Crippen LogP contribution in [0.2, 0.25) is 0 Å². The van der Waals surface area contributed by atoms with Crippen LogP contribution in [-0.2, 0) is 7.05 Å². The molecule has 1 aromatic heterocycles. The van der Waals surface area contributed by atoms with E-state index in [1.165, 1.54) is 25.0 Å². The number of benzene rings is 1. The summed E-state index contributed by atoms with van der Waals surface area (Å²) in [7, 11) is 1.78. The maximum absolute atomic E-state index is 13.1. The van der Waals surface area contributed by atoms with E-state index < -0.39 is 0 Å². The third kappa shape index (κ3) is 3.90. The van der Waals surface area contributed by atoms with Gasteiger partial charge in [-0.25, -0.2) is 4.39 Å². The molecule has 1 aliphatic heterocycles. The first-order valence-corrected chi connectivity index (χ1v) is 8.70. The predicted molar refractivity (Wildman–Crippen MR) is 95.8 cm³/mol. The minimum atomic E-state index is -0.284. The molecule has 1 saturated heterocycles. The summed E-state index contributed by atoms with van der Waals surface area (Å²) in [5.41, 5.74) is 1.91. The maximum atomic E-state index is 13.1. The van der Waals surface area contributed by atoms with Crippen LogP contribution >= 0.6 is 0 Å². The third-order valence-corrected chi connectivity index (χ3v) is 4.90. The van der Waals surface area contributed by atoms with Crippen molar-refractivity contribution >= 4 is 5.91 Å². The van der Waals surface area contributed by atoms with Crippen LogP contribution in [-0.4, -0.2) is 45.8 Å². The van der Waals surface area contributed by atoms with Gasteiger partial charge in [0.15, 0.2) is 5.69 Å². The van der Waals surface area contributed by atoms with Gasteiger partial charge in [0, 0.05) is 19.1 Å². The Balaban J connectivity index is 1.68. The number of amides is 1. The van der Waals surface area contributed by atoms with E-state index in [1.54, 1.807) is 29.9 Å². The second-order valence-corrected chi connectivity index (χ2v) is 7.23. The third-order valence-electron chi connectivity index (χ3n) is 4.90. The van der Waals surface area contributed by atoms with Gasteiger partial charge in [0.1, 0.15) is 5.82 Å². The van der Waals surface area contributed by atoms with Crippen molar-refractivity contribution in [3.05, 3.63) is 41.8 Å². The van der Waals surface area contributed by atoms with E-state index in [1.807, 2.05) is 0 Å². The molecule has 0 atom stereocenters. The van der Waals surface area contributed by atoms with Crippen molar-refractivity contribution in [2.45, 2.75) is 32.2 Å². The Morgan fingerprint density at radius 1 is 1.24 bits per heavy atom. The van der Waals surface area contributed by atoms with Crippen LogP contribution in [0.25, 0.3) is 11.3 Å². The van der Waals surface area contributed by atoms with Crippen LogP contribution in [0.1, 0.15) is 37.2 Å². The molecule has 2 heterocycles. The number of nitrogens with zero attached hydrogens (tertiary/aromatic N) is 3. The lowest BCUT2D eigenvalue weighted by molar-refractivity contribution is 0.0896. The topological polar surface area (TPSA) is 50.2 Å². The molecule has 134 valence electrons. The lowest BCUT2D eigenvalue weighted by Crippen LogP contribution is -2.50. The lowest BCUT2D eigenvalue weighted by Gasteiger charge is -2.35. The quantitative estimate of drug-likeness (QED) is 0.907. The van der Waals surface area contributed by atoms with E-state index >= 15 is 0 Å². The fourth-order valence-corrected chi connectivity index (χ4v) is 3.29. The first kappa shape index (κ1) is 17.6. The summed E-state index contributed by atoms with van der Waals surface area (Å²) in [6.07, 6.45) is 2.44. The van der Waals surface area contributed by atoms with Gasteiger partial charge in [0.25, 0.3) is 5.91 Å². The Kier molecular flexibility index (Phi) is 4.90. The van der Waals surface area contributed by atoms with Crippen molar-refractivity contribution in [3.63, 3.8) is 0 Å². The van der Waals surface area contributed by atoms with E-state index in [-0.39, 0.29) is 17.3 Å². The second-order valence-electron chi connectivity index (χ2n) is 7.23. The van der Waals surface area contributed by atoms with Crippen molar-refractivity contribution in [2.24, 2.45) is 7.05 Å². The van der Waals surface area contributed by atoms with Crippen molar-refractivity contribution in [3.8, 4) is 11.3 Å². The number of likely N-dealkylation sites (tertiary alicyclic amines) is 1. The first-order valence-electron chi connectivity index (χ1n) is 8.70. The molecule has 5 nitrogen and oxygen atoms in total. The molecule has 0 spiro atoms. The molecule has 25 heavy (non-hydrogen) atoms. The van der Waals surface area contributed by atoms with Gasteiger partial charge in [-0.1, -0.05) is 0 Å². The molecule has 1 N–H and O–H groups in total. The molecule has 6 heteroatoms. The summed E-state index contributed by atoms with van der Waals surface area (Å²) in [6.45, 7) is 7.05. The van der Waals surface area contributed by atoms with Gasteiger partial charge in [-0.15, -0.1) is 0 Å². The van der Waals surface area contributed by atoms with E-state index in [2.05, 4.69) is 29.2 Å². The zero-order valence-electron chi connectivity index (χ0n) is 15.1. The Morgan fingerprint density at radius 3 is 2.52 bits per heavy atom. The molecule has 1 fully saturated rings. The number of rotatable bonds is 5. The van der Waals surface area contributed by atoms with Crippen LogP contribution in [0.5, 0.6) is 0 Å². The Bertz CT molecular complexity index is 745. The summed E-state index contributed by atoms with van der Waals surface area (Å²) in [6, 6.07) is 7.92. The molecule has 2 aromatic rings. The molecular formula is C19H25FN4O. The molecule has 1 aromatic carbocycles. The molecule has 0 saturated carbocycles. The molecule has 1 aliphatic rings. The van der Waals surface area contributed by atoms with Crippen molar-refractivity contribution in [2.75, 3.05) is 19.6 Å². The number of aryl methyl sites for hydroxylation is 1. The van der Waals surface area contributed by atoms with E-state index in [0.29, 0.717) is 12.2 Å². The maximum Gasteiger partial charge on any atom is 0.271 e. The predicted octanol–water partition coefficient (Wildman–Crippen LogP) is 2.83. The number of hydrogen-bond donors (Lipinski definition) is 1. The van der Waals surface area contributed by atoms with Crippen LogP contribution in [0.3, 0.4) is 0 Å². The van der Waals surface area contributed by atoms with Crippen molar-refractivity contribution in [1.29, 1.82) is 0 Å². The summed E-state index contributed by atoms with van der Waals surface area (Å²) < 4.78 is 14.7. The second kappa shape index (κ2) is 6.96. The zero-order chi connectivity index (χ0) is 18.0. The normalized spacial score (nSPS) is 15.5. The van der Waals surface area contributed by atoms with E-state index in [4.69, 9.17) is 0 Å². The number of hydrogen-bond acceptors (Lipinski definition) is 3. The fraction of sp³-hybridized carbons (Fsp3) is 0.474. The highest BCUT2D eigenvalue weighted by Crippen LogP contribution is 2.22. The molecule has 3 rings (SSSR count). The lowest BCUT2D eigenvalue weighted by atomic mass is 10.0. The van der Waals surface area contributed by atoms with Crippen LogP contribution in [0.15, 0.2) is 30.3 Å². The number of halogens is 1. The minimum absolute atomic E-state index is 0.0687.